The average molecular weight is 296 g/mol. The van der Waals surface area contributed by atoms with Gasteiger partial charge in [0.15, 0.2) is 6.29 Å². The maximum Gasteiger partial charge on any atom is 0.152 e. The molecule has 0 spiro atoms. The van der Waals surface area contributed by atoms with Gasteiger partial charge in [-0.3, -0.25) is 4.79 Å². The first kappa shape index (κ1) is 12.6. The summed E-state index contributed by atoms with van der Waals surface area (Å²) >= 11 is 3.40. The molecule has 92 valence electrons. The molecule has 0 unspecified atom stereocenters. The second-order valence-corrected chi connectivity index (χ2v) is 5.77. The van der Waals surface area contributed by atoms with Crippen LogP contribution in [0.25, 0.3) is 0 Å². The summed E-state index contributed by atoms with van der Waals surface area (Å²) in [7, 11) is 2.08. The van der Waals surface area contributed by atoms with Crippen LogP contribution in [0, 0.1) is 5.92 Å². The number of hydrogen-bond donors (Lipinski definition) is 0. The van der Waals surface area contributed by atoms with E-state index in [1.807, 2.05) is 18.2 Å². The van der Waals surface area contributed by atoms with Crippen LogP contribution in [0.3, 0.4) is 0 Å². The van der Waals surface area contributed by atoms with Crippen molar-refractivity contribution < 1.29 is 4.79 Å². The Morgan fingerprint density at radius 2 is 2.12 bits per heavy atom. The van der Waals surface area contributed by atoms with Crippen LogP contribution in [0.4, 0.5) is 5.69 Å². The van der Waals surface area contributed by atoms with Crippen molar-refractivity contribution in [1.29, 1.82) is 0 Å². The molecule has 1 saturated carbocycles. The first-order valence-corrected chi connectivity index (χ1v) is 6.96. The predicted octanol–water partition coefficient (Wildman–Crippen LogP) is 3.89. The van der Waals surface area contributed by atoms with Crippen LogP contribution in [-0.2, 0) is 0 Å². The summed E-state index contributed by atoms with van der Waals surface area (Å²) in [5.41, 5.74) is 1.80. The van der Waals surface area contributed by atoms with Gasteiger partial charge in [-0.1, -0.05) is 28.8 Å². The van der Waals surface area contributed by atoms with Crippen LogP contribution in [0.5, 0.6) is 0 Å². The van der Waals surface area contributed by atoms with Gasteiger partial charge in [0.1, 0.15) is 0 Å². The topological polar surface area (TPSA) is 20.3 Å². The lowest BCUT2D eigenvalue weighted by atomic mass is 10.1. The number of nitrogens with zero attached hydrogens (tertiary/aromatic N) is 1. The molecule has 0 bridgehead atoms. The van der Waals surface area contributed by atoms with Crippen molar-refractivity contribution in [1.82, 2.24) is 0 Å². The summed E-state index contributed by atoms with van der Waals surface area (Å²) < 4.78 is 0.956. The third kappa shape index (κ3) is 3.09. The van der Waals surface area contributed by atoms with Crippen LogP contribution in [0.1, 0.15) is 36.0 Å². The van der Waals surface area contributed by atoms with E-state index >= 15 is 0 Å². The first-order chi connectivity index (χ1) is 8.20. The monoisotopic (exact) mass is 295 g/mol. The van der Waals surface area contributed by atoms with Crippen molar-refractivity contribution in [2.75, 3.05) is 18.5 Å². The van der Waals surface area contributed by atoms with Crippen molar-refractivity contribution in [2.24, 2.45) is 5.92 Å². The van der Waals surface area contributed by atoms with E-state index < -0.39 is 0 Å². The molecule has 0 saturated heterocycles. The fraction of sp³-hybridized carbons (Fsp3) is 0.500. The summed E-state index contributed by atoms with van der Waals surface area (Å²) in [4.78, 5) is 13.3. The highest BCUT2D eigenvalue weighted by molar-refractivity contribution is 9.10. The maximum absolute atomic E-state index is 11.1. The summed E-state index contributed by atoms with van der Waals surface area (Å²) in [6.45, 7) is 1.06. The smallest absolute Gasteiger partial charge is 0.152 e. The molecule has 0 N–H and O–H groups in total. The molecule has 17 heavy (non-hydrogen) atoms. The molecule has 1 aliphatic carbocycles. The Balaban J connectivity index is 2.11. The molecule has 1 aliphatic rings. The lowest BCUT2D eigenvalue weighted by Gasteiger charge is -2.24. The Morgan fingerprint density at radius 1 is 1.41 bits per heavy atom. The van der Waals surface area contributed by atoms with Crippen molar-refractivity contribution >= 4 is 27.9 Å². The summed E-state index contributed by atoms with van der Waals surface area (Å²) in [6.07, 6.45) is 6.32. The number of carbonyl (C=O) groups is 1. The van der Waals surface area contributed by atoms with E-state index in [9.17, 15) is 4.79 Å². The van der Waals surface area contributed by atoms with Gasteiger partial charge in [-0.15, -0.1) is 0 Å². The molecule has 2 rings (SSSR count). The third-order valence-electron chi connectivity index (χ3n) is 3.53. The van der Waals surface area contributed by atoms with Gasteiger partial charge in [0, 0.05) is 29.3 Å². The average Bonchev–Trinajstić information content (AvgIpc) is 2.81. The normalized spacial score (nSPS) is 16.1. The highest BCUT2D eigenvalue weighted by atomic mass is 79.9. The van der Waals surface area contributed by atoms with Crippen LogP contribution in [0.2, 0.25) is 0 Å². The number of benzene rings is 1. The van der Waals surface area contributed by atoms with Crippen LogP contribution >= 0.6 is 15.9 Å². The molecular formula is C14H18BrNO. The standard InChI is InChI=1S/C14H18BrNO/c1-16(9-11-4-2-3-5-11)14-7-6-13(15)8-12(14)10-17/h6-8,10-11H,2-5,9H2,1H3. The van der Waals surface area contributed by atoms with Gasteiger partial charge in [0.05, 0.1) is 0 Å². The summed E-state index contributed by atoms with van der Waals surface area (Å²) in [5.74, 6) is 0.795. The molecule has 1 aromatic rings. The minimum Gasteiger partial charge on any atom is -0.374 e. The van der Waals surface area contributed by atoms with Gasteiger partial charge in [0.2, 0.25) is 0 Å². The molecule has 0 aliphatic heterocycles. The zero-order valence-corrected chi connectivity index (χ0v) is 11.7. The van der Waals surface area contributed by atoms with Gasteiger partial charge in [0.25, 0.3) is 0 Å². The van der Waals surface area contributed by atoms with E-state index in [-0.39, 0.29) is 0 Å². The maximum atomic E-state index is 11.1. The van der Waals surface area contributed by atoms with E-state index in [0.717, 1.165) is 34.5 Å². The molecule has 1 fully saturated rings. The predicted molar refractivity (Wildman–Crippen MR) is 74.8 cm³/mol. The van der Waals surface area contributed by atoms with Crippen LogP contribution in [0.15, 0.2) is 22.7 Å². The lowest BCUT2D eigenvalue weighted by Crippen LogP contribution is -2.24. The quantitative estimate of drug-likeness (QED) is 0.786. The molecule has 1 aromatic carbocycles. The second kappa shape index (κ2) is 5.67. The van der Waals surface area contributed by atoms with E-state index in [1.54, 1.807) is 0 Å². The third-order valence-corrected chi connectivity index (χ3v) is 4.03. The van der Waals surface area contributed by atoms with Gasteiger partial charge in [-0.05, 0) is 37.0 Å². The molecule has 0 heterocycles. The Kier molecular flexibility index (Phi) is 4.21. The SMILES string of the molecule is CN(CC1CCCC1)c1ccc(Br)cc1C=O. The van der Waals surface area contributed by atoms with Gasteiger partial charge < -0.3 is 4.90 Å². The molecule has 0 amide bonds. The Hall–Kier alpha value is -0.830. The molecule has 0 radical (unpaired) electrons. The minimum absolute atomic E-state index is 0.764. The van der Waals surface area contributed by atoms with Crippen molar-refractivity contribution in [3.8, 4) is 0 Å². The van der Waals surface area contributed by atoms with Gasteiger partial charge >= 0.3 is 0 Å². The highest BCUT2D eigenvalue weighted by Crippen LogP contribution is 2.28. The molecule has 2 nitrogen and oxygen atoms in total. The number of halogens is 1. The summed E-state index contributed by atoms with van der Waals surface area (Å²) in [5, 5.41) is 0. The van der Waals surface area contributed by atoms with Crippen molar-refractivity contribution in [3.05, 3.63) is 28.2 Å². The summed E-state index contributed by atoms with van der Waals surface area (Å²) in [6, 6.07) is 5.89. The number of anilines is 1. The molecular weight excluding hydrogens is 278 g/mol. The molecule has 0 aromatic heterocycles. The molecule has 3 heteroatoms. The number of carbonyl (C=O) groups excluding carboxylic acids is 1. The second-order valence-electron chi connectivity index (χ2n) is 4.85. The fourth-order valence-corrected chi connectivity index (χ4v) is 3.02. The number of aldehydes is 1. The van der Waals surface area contributed by atoms with E-state index in [0.29, 0.717) is 0 Å². The Labute approximate surface area is 111 Å². The number of hydrogen-bond acceptors (Lipinski definition) is 2. The van der Waals surface area contributed by atoms with E-state index in [1.165, 1.54) is 25.7 Å². The zero-order chi connectivity index (χ0) is 12.3. The number of rotatable bonds is 4. The van der Waals surface area contributed by atoms with E-state index in [2.05, 4.69) is 27.9 Å². The van der Waals surface area contributed by atoms with Crippen molar-refractivity contribution in [3.63, 3.8) is 0 Å². The van der Waals surface area contributed by atoms with Crippen LogP contribution in [-0.4, -0.2) is 19.9 Å². The minimum atomic E-state index is 0.764. The van der Waals surface area contributed by atoms with Crippen LogP contribution < -0.4 is 4.90 Å². The van der Waals surface area contributed by atoms with Gasteiger partial charge in [-0.2, -0.15) is 0 Å². The zero-order valence-electron chi connectivity index (χ0n) is 10.2. The molecule has 0 atom stereocenters. The lowest BCUT2D eigenvalue weighted by molar-refractivity contribution is 0.112. The van der Waals surface area contributed by atoms with E-state index in [4.69, 9.17) is 0 Å². The largest absolute Gasteiger partial charge is 0.374 e. The highest BCUT2D eigenvalue weighted by Gasteiger charge is 2.18. The van der Waals surface area contributed by atoms with Crippen molar-refractivity contribution in [2.45, 2.75) is 25.7 Å². The first-order valence-electron chi connectivity index (χ1n) is 6.16. The Morgan fingerprint density at radius 3 is 2.76 bits per heavy atom. The fourth-order valence-electron chi connectivity index (χ4n) is 2.65. The Bertz CT molecular complexity index is 399. The van der Waals surface area contributed by atoms with Gasteiger partial charge in [-0.25, -0.2) is 0 Å².